The number of aliphatic carboxylic acids is 1. The lowest BCUT2D eigenvalue weighted by Crippen LogP contribution is -2.59. The van der Waals surface area contributed by atoms with E-state index in [0.29, 0.717) is 17.8 Å². The van der Waals surface area contributed by atoms with Crippen molar-refractivity contribution in [3.8, 4) is 0 Å². The van der Waals surface area contributed by atoms with E-state index in [2.05, 4.69) is 25.2 Å². The summed E-state index contributed by atoms with van der Waals surface area (Å²) in [7, 11) is 0. The molecule has 3 aliphatic carbocycles. The molecule has 4 heteroatoms. The normalized spacial score (nSPS) is 51.4. The van der Waals surface area contributed by atoms with Gasteiger partial charge in [-0.05, 0) is 67.8 Å². The van der Waals surface area contributed by atoms with Crippen LogP contribution in [-0.2, 0) is 9.59 Å². The van der Waals surface area contributed by atoms with Crippen LogP contribution in [0.25, 0.3) is 0 Å². The van der Waals surface area contributed by atoms with Gasteiger partial charge in [-0.3, -0.25) is 9.59 Å². The first-order chi connectivity index (χ1) is 10.9. The summed E-state index contributed by atoms with van der Waals surface area (Å²) in [6, 6.07) is 0.252. The van der Waals surface area contributed by atoms with Gasteiger partial charge in [0.2, 0.25) is 5.91 Å². The minimum Gasteiger partial charge on any atom is -0.481 e. The van der Waals surface area contributed by atoms with Crippen LogP contribution in [0.15, 0.2) is 12.2 Å². The van der Waals surface area contributed by atoms with Gasteiger partial charge in [0.1, 0.15) is 0 Å². The van der Waals surface area contributed by atoms with Crippen LogP contribution >= 0.6 is 0 Å². The Morgan fingerprint density at radius 1 is 1.17 bits per heavy atom. The Bertz CT molecular complexity index is 585. The molecule has 1 heterocycles. The van der Waals surface area contributed by atoms with Crippen LogP contribution in [-0.4, -0.2) is 23.0 Å². The highest BCUT2D eigenvalue weighted by Gasteiger charge is 2.60. The first-order valence-electron chi connectivity index (χ1n) is 9.09. The van der Waals surface area contributed by atoms with Gasteiger partial charge in [-0.2, -0.15) is 0 Å². The molecule has 0 spiro atoms. The molecule has 23 heavy (non-hydrogen) atoms. The predicted molar refractivity (Wildman–Crippen MR) is 86.6 cm³/mol. The molecule has 1 amide bonds. The second-order valence-corrected chi connectivity index (χ2v) is 8.73. The van der Waals surface area contributed by atoms with E-state index in [-0.39, 0.29) is 28.7 Å². The number of hydrogen-bond donors (Lipinski definition) is 2. The summed E-state index contributed by atoms with van der Waals surface area (Å²) in [5, 5.41) is 12.8. The number of nitrogens with one attached hydrogen (secondary N) is 1. The van der Waals surface area contributed by atoms with Crippen molar-refractivity contribution < 1.29 is 14.7 Å². The van der Waals surface area contributed by atoms with Crippen LogP contribution in [0.4, 0.5) is 0 Å². The molecule has 4 rings (SSSR count). The second-order valence-electron chi connectivity index (χ2n) is 8.73. The predicted octanol–water partition coefficient (Wildman–Crippen LogP) is 2.98. The van der Waals surface area contributed by atoms with Gasteiger partial charge in [0.25, 0.3) is 0 Å². The van der Waals surface area contributed by atoms with Gasteiger partial charge in [0.05, 0.1) is 5.92 Å². The highest BCUT2D eigenvalue weighted by Crippen LogP contribution is 2.64. The molecule has 4 aliphatic rings. The highest BCUT2D eigenvalue weighted by atomic mass is 16.4. The third kappa shape index (κ3) is 1.96. The first-order valence-corrected chi connectivity index (χ1v) is 9.09. The summed E-state index contributed by atoms with van der Waals surface area (Å²) >= 11 is 0. The summed E-state index contributed by atoms with van der Waals surface area (Å²) in [6.07, 6.45) is 10.0. The van der Waals surface area contributed by atoms with E-state index in [1.807, 2.05) is 0 Å². The van der Waals surface area contributed by atoms with Gasteiger partial charge in [-0.25, -0.2) is 0 Å². The van der Waals surface area contributed by atoms with E-state index in [1.54, 1.807) is 6.08 Å². The maximum absolute atomic E-state index is 11.7. The van der Waals surface area contributed by atoms with Gasteiger partial charge in [-0.1, -0.05) is 19.9 Å². The van der Waals surface area contributed by atoms with Gasteiger partial charge in [0.15, 0.2) is 0 Å². The van der Waals surface area contributed by atoms with Gasteiger partial charge in [0, 0.05) is 11.5 Å². The van der Waals surface area contributed by atoms with E-state index in [0.717, 1.165) is 38.5 Å². The Kier molecular flexibility index (Phi) is 3.20. The minimum atomic E-state index is -0.599. The Morgan fingerprint density at radius 2 is 1.96 bits per heavy atom. The minimum absolute atomic E-state index is 0.0299. The lowest BCUT2D eigenvalue weighted by Gasteiger charge is -2.58. The van der Waals surface area contributed by atoms with Crippen LogP contribution in [0.1, 0.15) is 52.4 Å². The van der Waals surface area contributed by atoms with Crippen molar-refractivity contribution in [3.63, 3.8) is 0 Å². The quantitative estimate of drug-likeness (QED) is 0.781. The zero-order chi connectivity index (χ0) is 16.4. The number of fused-ring (bicyclic) bond motifs is 5. The van der Waals surface area contributed by atoms with Crippen molar-refractivity contribution in [2.75, 3.05) is 0 Å². The summed E-state index contributed by atoms with van der Waals surface area (Å²) in [6.45, 7) is 4.53. The monoisotopic (exact) mass is 317 g/mol. The number of carboxylic acid groups (broad SMARTS) is 1. The third-order valence-corrected chi connectivity index (χ3v) is 7.98. The van der Waals surface area contributed by atoms with Gasteiger partial charge >= 0.3 is 5.97 Å². The molecule has 0 bridgehead atoms. The average Bonchev–Trinajstić information content (AvgIpc) is 2.85. The molecule has 0 radical (unpaired) electrons. The molecule has 126 valence electrons. The summed E-state index contributed by atoms with van der Waals surface area (Å²) in [5.74, 6) is 0.992. The molecular formula is C19H27NO3. The van der Waals surface area contributed by atoms with Crippen LogP contribution in [0.3, 0.4) is 0 Å². The maximum atomic E-state index is 11.7. The first kappa shape index (κ1) is 15.2. The Balaban J connectivity index is 1.66. The molecule has 0 aromatic rings. The van der Waals surface area contributed by atoms with Crippen molar-refractivity contribution in [1.29, 1.82) is 0 Å². The molecule has 2 N–H and O–H groups in total. The van der Waals surface area contributed by atoms with E-state index in [1.165, 1.54) is 0 Å². The number of hydrogen-bond acceptors (Lipinski definition) is 2. The number of carbonyl (C=O) groups excluding carboxylic acids is 1. The molecule has 4 nitrogen and oxygen atoms in total. The van der Waals surface area contributed by atoms with Crippen LogP contribution in [0.5, 0.6) is 0 Å². The van der Waals surface area contributed by atoms with Crippen LogP contribution in [0.2, 0.25) is 0 Å². The standard InChI is InChI=1S/C19H27NO3/c1-18-9-7-13-11(12(18)4-5-14(18)17(22)23)3-6-15-19(13,2)10-8-16(21)20-15/h8,10-15H,3-7,9H2,1-2H3,(H,20,21)(H,22,23)/t11?,12?,13?,14-,15-,18+,19-/m1/s1. The fraction of sp³-hybridized carbons (Fsp3) is 0.789. The summed E-state index contributed by atoms with van der Waals surface area (Å²) < 4.78 is 0. The van der Waals surface area contributed by atoms with Gasteiger partial charge in [-0.15, -0.1) is 0 Å². The van der Waals surface area contributed by atoms with Crippen LogP contribution < -0.4 is 5.32 Å². The van der Waals surface area contributed by atoms with Crippen molar-refractivity contribution in [3.05, 3.63) is 12.2 Å². The smallest absolute Gasteiger partial charge is 0.307 e. The summed E-state index contributed by atoms with van der Waals surface area (Å²) in [4.78, 5) is 23.4. The fourth-order valence-electron chi connectivity index (χ4n) is 6.74. The molecule has 3 unspecified atom stereocenters. The van der Waals surface area contributed by atoms with Crippen molar-refractivity contribution in [2.45, 2.75) is 58.4 Å². The summed E-state index contributed by atoms with van der Waals surface area (Å²) in [5.41, 5.74) is 0.0112. The topological polar surface area (TPSA) is 66.4 Å². The number of carbonyl (C=O) groups is 2. The molecule has 7 atom stereocenters. The number of rotatable bonds is 1. The zero-order valence-corrected chi connectivity index (χ0v) is 14.0. The fourth-order valence-corrected chi connectivity index (χ4v) is 6.74. The third-order valence-electron chi connectivity index (χ3n) is 7.98. The van der Waals surface area contributed by atoms with Crippen molar-refractivity contribution in [1.82, 2.24) is 5.32 Å². The Hall–Kier alpha value is -1.32. The maximum Gasteiger partial charge on any atom is 0.307 e. The Labute approximate surface area is 137 Å². The SMILES string of the molecule is C[C@]12CCC3C(CC[C@H]4NC(=O)C=C[C@]34C)C1CC[C@@H]2C(=O)O. The number of carboxylic acids is 1. The molecule has 3 fully saturated rings. The lowest BCUT2D eigenvalue weighted by molar-refractivity contribution is -0.150. The number of amides is 1. The highest BCUT2D eigenvalue weighted by molar-refractivity contribution is 5.89. The molecule has 0 aromatic heterocycles. The van der Waals surface area contributed by atoms with Gasteiger partial charge < -0.3 is 10.4 Å². The average molecular weight is 317 g/mol. The molecule has 0 saturated heterocycles. The van der Waals surface area contributed by atoms with Crippen molar-refractivity contribution >= 4 is 11.9 Å². The molecule has 1 aliphatic heterocycles. The van der Waals surface area contributed by atoms with Crippen LogP contribution in [0, 0.1) is 34.5 Å². The largest absolute Gasteiger partial charge is 0.481 e. The molecular weight excluding hydrogens is 290 g/mol. The second kappa shape index (κ2) is 4.84. The molecule has 0 aromatic carbocycles. The van der Waals surface area contributed by atoms with E-state index in [9.17, 15) is 14.7 Å². The molecule has 3 saturated carbocycles. The van der Waals surface area contributed by atoms with E-state index < -0.39 is 5.97 Å². The van der Waals surface area contributed by atoms with Crippen molar-refractivity contribution in [2.24, 2.45) is 34.5 Å². The Morgan fingerprint density at radius 3 is 2.70 bits per heavy atom. The lowest BCUT2D eigenvalue weighted by atomic mass is 9.48. The van der Waals surface area contributed by atoms with E-state index in [4.69, 9.17) is 0 Å². The zero-order valence-electron chi connectivity index (χ0n) is 14.0. The van der Waals surface area contributed by atoms with E-state index >= 15 is 0 Å².